The molecule has 0 saturated carbocycles. The number of carbonyl (C=O) groups excluding carboxylic acids is 1. The molecule has 0 unspecified atom stereocenters. The van der Waals surface area contributed by atoms with Crippen molar-refractivity contribution < 1.29 is 14.3 Å². The number of alkyl halides is 1. The van der Waals surface area contributed by atoms with Crippen LogP contribution in [0.5, 0.6) is 11.5 Å². The van der Waals surface area contributed by atoms with Crippen LogP contribution in [0.25, 0.3) is 6.08 Å². The van der Waals surface area contributed by atoms with Crippen LogP contribution in [0.2, 0.25) is 0 Å². The summed E-state index contributed by atoms with van der Waals surface area (Å²) in [5.41, 5.74) is 1.41. The van der Waals surface area contributed by atoms with E-state index < -0.39 is 0 Å². The van der Waals surface area contributed by atoms with Crippen molar-refractivity contribution >= 4 is 23.5 Å². The molecule has 2 aromatic rings. The third kappa shape index (κ3) is 3.08. The molecule has 108 valence electrons. The minimum Gasteiger partial charge on any atom is -0.454 e. The molecular formula is C15H13ClN2O3. The summed E-state index contributed by atoms with van der Waals surface area (Å²) in [7, 11) is 0. The average molecular weight is 305 g/mol. The van der Waals surface area contributed by atoms with Crippen LogP contribution in [0.1, 0.15) is 15.9 Å². The van der Waals surface area contributed by atoms with E-state index in [2.05, 4.69) is 5.10 Å². The lowest BCUT2D eigenvalue weighted by Crippen LogP contribution is -1.98. The van der Waals surface area contributed by atoms with Crippen LogP contribution < -0.4 is 9.47 Å². The summed E-state index contributed by atoms with van der Waals surface area (Å²) in [5, 5.41) is 4.14. The number of fused-ring (bicyclic) bond motifs is 1. The fourth-order valence-electron chi connectivity index (χ4n) is 1.99. The van der Waals surface area contributed by atoms with Gasteiger partial charge in [0.2, 0.25) is 6.79 Å². The van der Waals surface area contributed by atoms with E-state index in [-0.39, 0.29) is 12.6 Å². The highest BCUT2D eigenvalue weighted by Crippen LogP contribution is 2.32. The topological polar surface area (TPSA) is 53.4 Å². The van der Waals surface area contributed by atoms with Crippen molar-refractivity contribution in [1.29, 1.82) is 0 Å². The molecule has 1 aromatic heterocycles. The minimum atomic E-state index is -0.0987. The van der Waals surface area contributed by atoms with Gasteiger partial charge in [-0.25, -0.2) is 0 Å². The molecule has 0 fully saturated rings. The number of carbonyl (C=O) groups is 1. The first-order chi connectivity index (χ1) is 10.3. The predicted octanol–water partition coefficient (Wildman–Crippen LogP) is 2.75. The van der Waals surface area contributed by atoms with E-state index >= 15 is 0 Å². The number of halogens is 1. The Balaban J connectivity index is 1.71. The fourth-order valence-corrected chi connectivity index (χ4v) is 2.17. The second-order valence-corrected chi connectivity index (χ2v) is 4.87. The molecule has 0 aliphatic carbocycles. The molecule has 0 atom stereocenters. The number of aryl methyl sites for hydroxylation is 1. The zero-order valence-electron chi connectivity index (χ0n) is 11.2. The summed E-state index contributed by atoms with van der Waals surface area (Å²) >= 11 is 5.64. The van der Waals surface area contributed by atoms with Gasteiger partial charge in [-0.2, -0.15) is 5.10 Å². The monoisotopic (exact) mass is 304 g/mol. The Morgan fingerprint density at radius 3 is 3.10 bits per heavy atom. The van der Waals surface area contributed by atoms with Gasteiger partial charge in [-0.15, -0.1) is 11.6 Å². The first kappa shape index (κ1) is 13.7. The summed E-state index contributed by atoms with van der Waals surface area (Å²) in [5.74, 6) is 1.67. The van der Waals surface area contributed by atoms with E-state index in [0.717, 1.165) is 5.56 Å². The maximum Gasteiger partial charge on any atom is 0.231 e. The van der Waals surface area contributed by atoms with E-state index in [0.29, 0.717) is 29.5 Å². The first-order valence-electron chi connectivity index (χ1n) is 6.47. The normalized spacial score (nSPS) is 13.0. The van der Waals surface area contributed by atoms with Crippen molar-refractivity contribution in [3.05, 3.63) is 47.8 Å². The third-order valence-corrected chi connectivity index (χ3v) is 3.22. The Bertz CT molecular complexity index is 694. The van der Waals surface area contributed by atoms with Gasteiger partial charge < -0.3 is 9.47 Å². The van der Waals surface area contributed by atoms with Crippen molar-refractivity contribution in [3.8, 4) is 11.5 Å². The number of allylic oxidation sites excluding steroid dienone is 1. The van der Waals surface area contributed by atoms with Crippen LogP contribution in [0.15, 0.2) is 36.7 Å². The predicted molar refractivity (Wildman–Crippen MR) is 78.9 cm³/mol. The lowest BCUT2D eigenvalue weighted by molar-refractivity contribution is 0.104. The van der Waals surface area contributed by atoms with Gasteiger partial charge >= 0.3 is 0 Å². The number of ketones is 1. The highest BCUT2D eigenvalue weighted by atomic mass is 35.5. The number of hydrogen-bond donors (Lipinski definition) is 0. The van der Waals surface area contributed by atoms with Crippen LogP contribution in [-0.2, 0) is 6.54 Å². The summed E-state index contributed by atoms with van der Waals surface area (Å²) in [6, 6.07) is 5.14. The molecule has 0 bridgehead atoms. The molecule has 5 nitrogen and oxygen atoms in total. The smallest absolute Gasteiger partial charge is 0.231 e. The van der Waals surface area contributed by atoms with Gasteiger partial charge in [-0.3, -0.25) is 9.48 Å². The number of ether oxygens (including phenoxy) is 2. The summed E-state index contributed by atoms with van der Waals surface area (Å²) in [6.07, 6.45) is 6.77. The van der Waals surface area contributed by atoms with Crippen molar-refractivity contribution in [3.63, 3.8) is 0 Å². The lowest BCUT2D eigenvalue weighted by Gasteiger charge is -1.98. The van der Waals surface area contributed by atoms with E-state index in [9.17, 15) is 4.79 Å². The average Bonchev–Trinajstić information content (AvgIpc) is 3.13. The second kappa shape index (κ2) is 6.01. The van der Waals surface area contributed by atoms with Gasteiger partial charge in [0.25, 0.3) is 0 Å². The maximum atomic E-state index is 12.1. The van der Waals surface area contributed by atoms with Crippen LogP contribution >= 0.6 is 11.6 Å². The molecule has 0 N–H and O–H groups in total. The molecule has 6 heteroatoms. The largest absolute Gasteiger partial charge is 0.454 e. The number of nitrogens with zero attached hydrogens (tertiary/aromatic N) is 2. The van der Waals surface area contributed by atoms with E-state index in [4.69, 9.17) is 21.1 Å². The van der Waals surface area contributed by atoms with Crippen molar-refractivity contribution in [1.82, 2.24) is 9.78 Å². The van der Waals surface area contributed by atoms with E-state index in [1.165, 1.54) is 6.08 Å². The number of aromatic nitrogens is 2. The SMILES string of the molecule is O=C(/C=C/c1cnn(CCCl)c1)c1ccc2c(c1)OCO2. The van der Waals surface area contributed by atoms with Crippen molar-refractivity contribution in [2.24, 2.45) is 0 Å². The lowest BCUT2D eigenvalue weighted by atomic mass is 10.1. The summed E-state index contributed by atoms with van der Waals surface area (Å²) < 4.78 is 12.2. The molecule has 0 amide bonds. The zero-order chi connectivity index (χ0) is 14.7. The molecule has 21 heavy (non-hydrogen) atoms. The van der Waals surface area contributed by atoms with E-state index in [1.807, 2.05) is 6.20 Å². The second-order valence-electron chi connectivity index (χ2n) is 4.49. The Morgan fingerprint density at radius 1 is 1.38 bits per heavy atom. The molecule has 0 spiro atoms. The Labute approximate surface area is 126 Å². The van der Waals surface area contributed by atoms with Crippen LogP contribution in [0.4, 0.5) is 0 Å². The number of benzene rings is 1. The van der Waals surface area contributed by atoms with Gasteiger partial charge in [-0.1, -0.05) is 0 Å². The van der Waals surface area contributed by atoms with Crippen LogP contribution in [-0.4, -0.2) is 28.2 Å². The van der Waals surface area contributed by atoms with Gasteiger partial charge in [0.15, 0.2) is 17.3 Å². The molecule has 0 saturated heterocycles. The highest BCUT2D eigenvalue weighted by molar-refractivity contribution is 6.17. The van der Waals surface area contributed by atoms with Crippen LogP contribution in [0.3, 0.4) is 0 Å². The van der Waals surface area contributed by atoms with E-state index in [1.54, 1.807) is 35.2 Å². The quantitative estimate of drug-likeness (QED) is 0.484. The van der Waals surface area contributed by atoms with Gasteiger partial charge in [0.1, 0.15) is 0 Å². The van der Waals surface area contributed by atoms with Crippen LogP contribution in [0, 0.1) is 0 Å². The summed E-state index contributed by atoms with van der Waals surface area (Å²) in [4.78, 5) is 12.1. The summed E-state index contributed by atoms with van der Waals surface area (Å²) in [6.45, 7) is 0.841. The molecule has 1 aromatic carbocycles. The van der Waals surface area contributed by atoms with Gasteiger partial charge in [-0.05, 0) is 30.4 Å². The zero-order valence-corrected chi connectivity index (χ0v) is 11.9. The van der Waals surface area contributed by atoms with Crippen molar-refractivity contribution in [2.75, 3.05) is 12.7 Å². The number of hydrogen-bond acceptors (Lipinski definition) is 4. The fraction of sp³-hybridized carbons (Fsp3) is 0.200. The molecule has 1 aliphatic rings. The number of rotatable bonds is 5. The molecular weight excluding hydrogens is 292 g/mol. The van der Waals surface area contributed by atoms with Gasteiger partial charge in [0, 0.05) is 23.2 Å². The molecule has 2 heterocycles. The third-order valence-electron chi connectivity index (χ3n) is 3.05. The van der Waals surface area contributed by atoms with Crippen molar-refractivity contribution in [2.45, 2.75) is 6.54 Å². The minimum absolute atomic E-state index is 0.0987. The highest BCUT2D eigenvalue weighted by Gasteiger charge is 2.15. The molecule has 3 rings (SSSR count). The Hall–Kier alpha value is -2.27. The Kier molecular flexibility index (Phi) is 3.92. The van der Waals surface area contributed by atoms with Gasteiger partial charge in [0.05, 0.1) is 12.7 Å². The Morgan fingerprint density at radius 2 is 2.24 bits per heavy atom. The first-order valence-corrected chi connectivity index (χ1v) is 7.00. The molecule has 0 radical (unpaired) electrons. The molecule has 1 aliphatic heterocycles. The maximum absolute atomic E-state index is 12.1. The standard InChI is InChI=1S/C15H13ClN2O3/c16-5-6-18-9-11(8-17-18)1-3-13(19)12-2-4-14-15(7-12)21-10-20-14/h1-4,7-9H,5-6,10H2/b3-1+.